The fourth-order valence-electron chi connectivity index (χ4n) is 3.53. The van der Waals surface area contributed by atoms with E-state index in [1.165, 1.54) is 11.3 Å². The second-order valence-electron chi connectivity index (χ2n) is 8.21. The first-order valence-electron chi connectivity index (χ1n) is 11.2. The fraction of sp³-hybridized carbons (Fsp3) is 0.269. The van der Waals surface area contributed by atoms with Crippen molar-refractivity contribution in [3.05, 3.63) is 64.5 Å². The van der Waals surface area contributed by atoms with Gasteiger partial charge in [-0.3, -0.25) is 0 Å². The van der Waals surface area contributed by atoms with Gasteiger partial charge in [0.25, 0.3) is 0 Å². The van der Waals surface area contributed by atoms with Crippen molar-refractivity contribution in [1.82, 2.24) is 9.97 Å². The van der Waals surface area contributed by atoms with Crippen LogP contribution in [0.5, 0.6) is 5.75 Å². The van der Waals surface area contributed by atoms with Crippen molar-refractivity contribution in [2.75, 3.05) is 11.9 Å². The van der Waals surface area contributed by atoms with E-state index >= 15 is 0 Å². The molecule has 0 amide bonds. The molecule has 4 aromatic rings. The van der Waals surface area contributed by atoms with E-state index in [2.05, 4.69) is 24.1 Å². The number of carbonyl (C=O) groups is 1. The second-order valence-corrected chi connectivity index (χ2v) is 10.2. The first kappa shape index (κ1) is 23.9. The molecule has 6 nitrogen and oxygen atoms in total. The molecule has 8 heteroatoms. The molecular formula is C26H27N3O3S2. The van der Waals surface area contributed by atoms with Crippen LogP contribution in [0, 0.1) is 5.92 Å². The van der Waals surface area contributed by atoms with Gasteiger partial charge in [-0.15, -0.1) is 22.7 Å². The standard InChI is InChI=1S/C26H27N3O3S2/c1-4-32-19-8-5-7-17(13-19)23-22(11-10-16(2)3)34-26(28-23)29-24-20(25(30)31)14-18(15-27-24)21-9-6-12-33-21/h5-9,12-16H,4,10-11H2,1-3H3,(H,30,31)(H,27,28,29). The third kappa shape index (κ3) is 5.63. The number of aromatic carboxylic acids is 1. The first-order chi connectivity index (χ1) is 16.4. The number of ether oxygens (including phenoxy) is 1. The summed E-state index contributed by atoms with van der Waals surface area (Å²) in [5, 5.41) is 15.6. The minimum absolute atomic E-state index is 0.115. The number of anilines is 2. The number of carboxylic acid groups (broad SMARTS) is 1. The highest BCUT2D eigenvalue weighted by atomic mass is 32.1. The van der Waals surface area contributed by atoms with Gasteiger partial charge < -0.3 is 15.2 Å². The van der Waals surface area contributed by atoms with Gasteiger partial charge in [0.2, 0.25) is 0 Å². The van der Waals surface area contributed by atoms with Crippen LogP contribution in [0.1, 0.15) is 42.4 Å². The molecular weight excluding hydrogens is 466 g/mol. The molecule has 1 aromatic carbocycles. The SMILES string of the molecule is CCOc1cccc(-c2nc(Nc3ncc(-c4cccs4)cc3C(=O)O)sc2CCC(C)C)c1. The smallest absolute Gasteiger partial charge is 0.339 e. The van der Waals surface area contributed by atoms with Crippen molar-refractivity contribution in [1.29, 1.82) is 0 Å². The van der Waals surface area contributed by atoms with E-state index in [1.807, 2.05) is 48.7 Å². The molecule has 0 atom stereocenters. The lowest BCUT2D eigenvalue weighted by molar-refractivity contribution is 0.0697. The van der Waals surface area contributed by atoms with Crippen LogP contribution < -0.4 is 10.1 Å². The summed E-state index contributed by atoms with van der Waals surface area (Å²) >= 11 is 3.09. The maximum absolute atomic E-state index is 12.0. The number of benzene rings is 1. The number of nitrogens with zero attached hydrogens (tertiary/aromatic N) is 2. The van der Waals surface area contributed by atoms with Gasteiger partial charge in [-0.25, -0.2) is 14.8 Å². The lowest BCUT2D eigenvalue weighted by Gasteiger charge is -2.08. The van der Waals surface area contributed by atoms with Crippen LogP contribution in [-0.2, 0) is 6.42 Å². The number of pyridine rings is 1. The van der Waals surface area contributed by atoms with E-state index in [-0.39, 0.29) is 11.4 Å². The number of rotatable bonds is 10. The van der Waals surface area contributed by atoms with Crippen LogP contribution in [0.25, 0.3) is 21.7 Å². The minimum Gasteiger partial charge on any atom is -0.494 e. The summed E-state index contributed by atoms with van der Waals surface area (Å²) in [6.45, 7) is 6.96. The van der Waals surface area contributed by atoms with Crippen LogP contribution in [0.15, 0.2) is 54.0 Å². The third-order valence-corrected chi connectivity index (χ3v) is 7.16. The Labute approximate surface area is 207 Å². The number of aryl methyl sites for hydroxylation is 1. The van der Waals surface area contributed by atoms with Crippen LogP contribution in [0.2, 0.25) is 0 Å². The number of aromatic nitrogens is 2. The number of nitrogens with one attached hydrogen (secondary N) is 1. The summed E-state index contributed by atoms with van der Waals surface area (Å²) < 4.78 is 5.68. The van der Waals surface area contributed by atoms with Gasteiger partial charge >= 0.3 is 5.97 Å². The monoisotopic (exact) mass is 493 g/mol. The lowest BCUT2D eigenvalue weighted by atomic mass is 10.0. The Morgan fingerprint density at radius 2 is 2.03 bits per heavy atom. The largest absolute Gasteiger partial charge is 0.494 e. The molecule has 0 fully saturated rings. The average molecular weight is 494 g/mol. The summed E-state index contributed by atoms with van der Waals surface area (Å²) in [5.41, 5.74) is 2.77. The van der Waals surface area contributed by atoms with E-state index in [0.29, 0.717) is 17.7 Å². The maximum Gasteiger partial charge on any atom is 0.339 e. The van der Waals surface area contributed by atoms with E-state index in [4.69, 9.17) is 9.72 Å². The summed E-state index contributed by atoms with van der Waals surface area (Å²) in [5.74, 6) is 0.615. The van der Waals surface area contributed by atoms with Crippen molar-refractivity contribution in [2.45, 2.75) is 33.6 Å². The lowest BCUT2D eigenvalue weighted by Crippen LogP contribution is -2.05. The fourth-order valence-corrected chi connectivity index (χ4v) is 5.23. The van der Waals surface area contributed by atoms with E-state index in [0.717, 1.165) is 45.2 Å². The Kier molecular flexibility index (Phi) is 7.59. The van der Waals surface area contributed by atoms with Crippen molar-refractivity contribution in [3.63, 3.8) is 0 Å². The maximum atomic E-state index is 12.0. The summed E-state index contributed by atoms with van der Waals surface area (Å²) in [6, 6.07) is 13.5. The molecule has 3 aromatic heterocycles. The highest BCUT2D eigenvalue weighted by molar-refractivity contribution is 7.16. The molecule has 0 bridgehead atoms. The molecule has 0 unspecified atom stereocenters. The van der Waals surface area contributed by atoms with Crippen LogP contribution >= 0.6 is 22.7 Å². The number of hydrogen-bond acceptors (Lipinski definition) is 7. The van der Waals surface area contributed by atoms with Crippen LogP contribution in [-0.4, -0.2) is 27.7 Å². The topological polar surface area (TPSA) is 84.3 Å². The second kappa shape index (κ2) is 10.8. The van der Waals surface area contributed by atoms with Gasteiger partial charge in [0.05, 0.1) is 12.3 Å². The third-order valence-electron chi connectivity index (χ3n) is 5.21. The van der Waals surface area contributed by atoms with Crippen molar-refractivity contribution < 1.29 is 14.6 Å². The number of thiazole rings is 1. The molecule has 0 aliphatic heterocycles. The van der Waals surface area contributed by atoms with Crippen LogP contribution in [0.4, 0.5) is 10.9 Å². The van der Waals surface area contributed by atoms with Gasteiger partial charge in [0, 0.05) is 27.1 Å². The van der Waals surface area contributed by atoms with Gasteiger partial charge in [0.1, 0.15) is 17.1 Å². The molecule has 0 saturated carbocycles. The molecule has 176 valence electrons. The Morgan fingerprint density at radius 1 is 1.18 bits per heavy atom. The highest BCUT2D eigenvalue weighted by Gasteiger charge is 2.18. The van der Waals surface area contributed by atoms with E-state index < -0.39 is 5.97 Å². The molecule has 0 aliphatic rings. The number of thiophene rings is 1. The number of carboxylic acids is 1. The molecule has 2 N–H and O–H groups in total. The molecule has 0 aliphatic carbocycles. The van der Waals surface area contributed by atoms with Crippen molar-refractivity contribution in [3.8, 4) is 27.4 Å². The van der Waals surface area contributed by atoms with E-state index in [9.17, 15) is 9.90 Å². The van der Waals surface area contributed by atoms with E-state index in [1.54, 1.807) is 23.6 Å². The van der Waals surface area contributed by atoms with Crippen LogP contribution in [0.3, 0.4) is 0 Å². The van der Waals surface area contributed by atoms with Crippen molar-refractivity contribution >= 4 is 39.6 Å². The zero-order valence-corrected chi connectivity index (χ0v) is 21.0. The molecule has 3 heterocycles. The Balaban J connectivity index is 1.69. The molecule has 4 rings (SSSR count). The Morgan fingerprint density at radius 3 is 2.74 bits per heavy atom. The summed E-state index contributed by atoms with van der Waals surface area (Å²) in [6.07, 6.45) is 3.62. The Bertz CT molecular complexity index is 1270. The minimum atomic E-state index is -1.03. The number of hydrogen-bond donors (Lipinski definition) is 2. The predicted molar refractivity (Wildman–Crippen MR) is 140 cm³/mol. The van der Waals surface area contributed by atoms with Gasteiger partial charge in [-0.05, 0) is 55.3 Å². The van der Waals surface area contributed by atoms with Gasteiger partial charge in [0.15, 0.2) is 5.13 Å². The molecule has 0 saturated heterocycles. The first-order valence-corrected chi connectivity index (χ1v) is 12.9. The van der Waals surface area contributed by atoms with Gasteiger partial charge in [-0.1, -0.05) is 32.0 Å². The Hall–Kier alpha value is -3.23. The normalized spacial score (nSPS) is 11.1. The molecule has 0 radical (unpaired) electrons. The molecule has 0 spiro atoms. The zero-order valence-electron chi connectivity index (χ0n) is 19.4. The highest BCUT2D eigenvalue weighted by Crippen LogP contribution is 2.36. The van der Waals surface area contributed by atoms with Crippen molar-refractivity contribution in [2.24, 2.45) is 5.92 Å². The summed E-state index contributed by atoms with van der Waals surface area (Å²) in [7, 11) is 0. The predicted octanol–water partition coefficient (Wildman–Crippen LogP) is 7.36. The summed E-state index contributed by atoms with van der Waals surface area (Å²) in [4.78, 5) is 23.4. The molecule has 34 heavy (non-hydrogen) atoms. The van der Waals surface area contributed by atoms with Gasteiger partial charge in [-0.2, -0.15) is 0 Å². The average Bonchev–Trinajstić information content (AvgIpc) is 3.49. The quantitative estimate of drug-likeness (QED) is 0.240. The zero-order chi connectivity index (χ0) is 24.1.